The lowest BCUT2D eigenvalue weighted by Gasteiger charge is -2.40. The van der Waals surface area contributed by atoms with Gasteiger partial charge in [0.05, 0.1) is 12.6 Å². The molecule has 1 aliphatic rings. The standard InChI is InChI=1S/C29H37N7O2/c1-7-29(4,5)36-27(31-32-33-36)26(23-18-21-17-22(38-6)11-12-24(21)30-28(23)37)35-15-13-34(14-16-35)25-10-8-9-19(2)20(25)3/h8-12,17-18,26H,7,13-16H2,1-6H3,(H,30,37)/t26-/m1/s1. The highest BCUT2D eigenvalue weighted by Gasteiger charge is 2.36. The molecule has 0 amide bonds. The van der Waals surface area contributed by atoms with Crippen molar-refractivity contribution in [1.29, 1.82) is 0 Å². The molecule has 4 aromatic rings. The Labute approximate surface area is 223 Å². The van der Waals surface area contributed by atoms with E-state index in [0.29, 0.717) is 11.4 Å². The van der Waals surface area contributed by atoms with Gasteiger partial charge in [-0.25, -0.2) is 4.68 Å². The summed E-state index contributed by atoms with van der Waals surface area (Å²) in [4.78, 5) is 21.4. The topological polar surface area (TPSA) is 92.2 Å². The molecule has 0 unspecified atom stereocenters. The summed E-state index contributed by atoms with van der Waals surface area (Å²) in [6.45, 7) is 13.9. The normalized spacial score (nSPS) is 15.7. The summed E-state index contributed by atoms with van der Waals surface area (Å²) in [7, 11) is 1.65. The molecule has 0 saturated carbocycles. The van der Waals surface area contributed by atoms with E-state index in [1.54, 1.807) is 7.11 Å². The molecule has 1 fully saturated rings. The third-order valence-electron chi connectivity index (χ3n) is 8.15. The minimum atomic E-state index is -0.393. The van der Waals surface area contributed by atoms with Crippen LogP contribution in [-0.4, -0.2) is 63.4 Å². The monoisotopic (exact) mass is 515 g/mol. The quantitative estimate of drug-likeness (QED) is 0.394. The van der Waals surface area contributed by atoms with Crippen molar-refractivity contribution >= 4 is 16.6 Å². The van der Waals surface area contributed by atoms with E-state index in [1.807, 2.05) is 28.9 Å². The Kier molecular flexibility index (Phi) is 6.96. The number of aryl methyl sites for hydroxylation is 1. The van der Waals surface area contributed by atoms with E-state index < -0.39 is 6.04 Å². The van der Waals surface area contributed by atoms with Crippen LogP contribution in [-0.2, 0) is 5.54 Å². The second kappa shape index (κ2) is 10.2. The summed E-state index contributed by atoms with van der Waals surface area (Å²) in [6.07, 6.45) is 0.851. The van der Waals surface area contributed by atoms with Crippen molar-refractivity contribution < 1.29 is 4.74 Å². The molecule has 3 heterocycles. The average Bonchev–Trinajstić information content (AvgIpc) is 3.41. The Bertz CT molecular complexity index is 1500. The van der Waals surface area contributed by atoms with Crippen LogP contribution in [0.2, 0.25) is 0 Å². The molecule has 0 bridgehead atoms. The highest BCUT2D eigenvalue weighted by atomic mass is 16.5. The van der Waals surface area contributed by atoms with Gasteiger partial charge in [0.2, 0.25) is 0 Å². The van der Waals surface area contributed by atoms with E-state index in [-0.39, 0.29) is 11.1 Å². The van der Waals surface area contributed by atoms with Crippen LogP contribution in [0, 0.1) is 13.8 Å². The Morgan fingerprint density at radius 2 is 1.84 bits per heavy atom. The maximum absolute atomic E-state index is 13.6. The lowest BCUT2D eigenvalue weighted by atomic mass is 9.98. The SMILES string of the molecule is CCC(C)(C)n1nnnc1[C@@H](c1cc2cc(OC)ccc2[nH]c1=O)N1CCN(c2cccc(C)c2C)CC1. The number of ether oxygens (including phenoxy) is 1. The second-order valence-corrected chi connectivity index (χ2v) is 10.8. The summed E-state index contributed by atoms with van der Waals surface area (Å²) in [5, 5.41) is 13.9. The molecule has 38 heavy (non-hydrogen) atoms. The number of anilines is 1. The van der Waals surface area contributed by atoms with Gasteiger partial charge in [-0.1, -0.05) is 19.1 Å². The van der Waals surface area contributed by atoms with Crippen LogP contribution in [0.15, 0.2) is 47.3 Å². The maximum Gasteiger partial charge on any atom is 0.253 e. The largest absolute Gasteiger partial charge is 0.497 e. The fraction of sp³-hybridized carbons (Fsp3) is 0.448. The molecule has 0 radical (unpaired) electrons. The summed E-state index contributed by atoms with van der Waals surface area (Å²) >= 11 is 0. The molecule has 2 aromatic carbocycles. The van der Waals surface area contributed by atoms with Crippen LogP contribution in [0.1, 0.15) is 55.7 Å². The number of aromatic nitrogens is 5. The van der Waals surface area contributed by atoms with Gasteiger partial charge in [0.25, 0.3) is 5.56 Å². The van der Waals surface area contributed by atoms with E-state index in [0.717, 1.165) is 49.3 Å². The van der Waals surface area contributed by atoms with Crippen molar-refractivity contribution in [1.82, 2.24) is 30.1 Å². The fourth-order valence-electron chi connectivity index (χ4n) is 5.28. The first-order chi connectivity index (χ1) is 18.2. The van der Waals surface area contributed by atoms with Crippen LogP contribution in [0.3, 0.4) is 0 Å². The number of nitrogens with zero attached hydrogens (tertiary/aromatic N) is 6. The van der Waals surface area contributed by atoms with Gasteiger partial charge in [0.1, 0.15) is 11.8 Å². The summed E-state index contributed by atoms with van der Waals surface area (Å²) < 4.78 is 7.34. The number of aromatic amines is 1. The molecule has 200 valence electrons. The summed E-state index contributed by atoms with van der Waals surface area (Å²) in [5.41, 5.74) is 4.85. The predicted molar refractivity (Wildman–Crippen MR) is 150 cm³/mol. The highest BCUT2D eigenvalue weighted by molar-refractivity contribution is 5.80. The Morgan fingerprint density at radius 1 is 1.08 bits per heavy atom. The van der Waals surface area contributed by atoms with Crippen LogP contribution in [0.5, 0.6) is 5.75 Å². The molecule has 1 atom stereocenters. The van der Waals surface area contributed by atoms with Crippen molar-refractivity contribution in [3.05, 3.63) is 75.3 Å². The molecule has 9 nitrogen and oxygen atoms in total. The van der Waals surface area contributed by atoms with E-state index in [1.165, 1.54) is 16.8 Å². The Balaban J connectivity index is 1.57. The first-order valence-electron chi connectivity index (χ1n) is 13.3. The van der Waals surface area contributed by atoms with Gasteiger partial charge in [-0.15, -0.1) is 5.10 Å². The number of hydrogen-bond acceptors (Lipinski definition) is 7. The van der Waals surface area contributed by atoms with Crippen molar-refractivity contribution in [2.45, 2.75) is 52.6 Å². The second-order valence-electron chi connectivity index (χ2n) is 10.8. The number of benzene rings is 2. The number of nitrogens with one attached hydrogen (secondary N) is 1. The molecular formula is C29H37N7O2. The fourth-order valence-corrected chi connectivity index (χ4v) is 5.28. The van der Waals surface area contributed by atoms with Crippen LogP contribution >= 0.6 is 0 Å². The van der Waals surface area contributed by atoms with E-state index in [4.69, 9.17) is 4.74 Å². The number of piperazine rings is 1. The number of hydrogen-bond donors (Lipinski definition) is 1. The minimum absolute atomic E-state index is 0.131. The number of H-pyrrole nitrogens is 1. The lowest BCUT2D eigenvalue weighted by molar-refractivity contribution is 0.186. The molecular weight excluding hydrogens is 478 g/mol. The van der Waals surface area contributed by atoms with Gasteiger partial charge in [-0.3, -0.25) is 9.69 Å². The average molecular weight is 516 g/mol. The number of pyridine rings is 1. The van der Waals surface area contributed by atoms with E-state index >= 15 is 0 Å². The van der Waals surface area contributed by atoms with Crippen molar-refractivity contribution in [3.8, 4) is 5.75 Å². The lowest BCUT2D eigenvalue weighted by Crippen LogP contribution is -2.49. The number of rotatable bonds is 7. The van der Waals surface area contributed by atoms with Crippen LogP contribution in [0.25, 0.3) is 10.9 Å². The Morgan fingerprint density at radius 3 is 2.55 bits per heavy atom. The van der Waals surface area contributed by atoms with E-state index in [2.05, 4.69) is 83.1 Å². The molecule has 9 heteroatoms. The highest BCUT2D eigenvalue weighted by Crippen LogP contribution is 2.33. The van der Waals surface area contributed by atoms with Gasteiger partial charge < -0.3 is 14.6 Å². The zero-order chi connectivity index (χ0) is 27.0. The van der Waals surface area contributed by atoms with Gasteiger partial charge >= 0.3 is 0 Å². The zero-order valence-corrected chi connectivity index (χ0v) is 23.2. The van der Waals surface area contributed by atoms with Gasteiger partial charge in [-0.05, 0) is 86.0 Å². The molecule has 1 N–H and O–H groups in total. The van der Waals surface area contributed by atoms with E-state index in [9.17, 15) is 4.79 Å². The molecule has 0 aliphatic carbocycles. The molecule has 1 aliphatic heterocycles. The minimum Gasteiger partial charge on any atom is -0.497 e. The molecule has 2 aromatic heterocycles. The first-order valence-corrected chi connectivity index (χ1v) is 13.3. The summed E-state index contributed by atoms with van der Waals surface area (Å²) in [6, 6.07) is 13.7. The summed E-state index contributed by atoms with van der Waals surface area (Å²) in [5.74, 6) is 1.43. The number of methoxy groups -OCH3 is 1. The maximum atomic E-state index is 13.6. The zero-order valence-electron chi connectivity index (χ0n) is 23.2. The van der Waals surface area contributed by atoms with Gasteiger partial charge in [0.15, 0.2) is 5.82 Å². The van der Waals surface area contributed by atoms with Gasteiger partial charge in [0, 0.05) is 48.3 Å². The van der Waals surface area contributed by atoms with Crippen molar-refractivity contribution in [2.75, 3.05) is 38.2 Å². The molecule has 0 spiro atoms. The van der Waals surface area contributed by atoms with Crippen molar-refractivity contribution in [2.24, 2.45) is 0 Å². The number of fused-ring (bicyclic) bond motifs is 1. The smallest absolute Gasteiger partial charge is 0.253 e. The van der Waals surface area contributed by atoms with Gasteiger partial charge in [-0.2, -0.15) is 0 Å². The van der Waals surface area contributed by atoms with Crippen LogP contribution < -0.4 is 15.2 Å². The van der Waals surface area contributed by atoms with Crippen LogP contribution in [0.4, 0.5) is 5.69 Å². The third-order valence-corrected chi connectivity index (χ3v) is 8.15. The third kappa shape index (κ3) is 4.67. The molecule has 5 rings (SSSR count). The number of tetrazole rings is 1. The predicted octanol–water partition coefficient (Wildman–Crippen LogP) is 4.20. The van der Waals surface area contributed by atoms with Crippen molar-refractivity contribution in [3.63, 3.8) is 0 Å². The molecule has 1 saturated heterocycles. The Hall–Kier alpha value is -3.72. The first kappa shape index (κ1) is 25.9.